The Bertz CT molecular complexity index is 306. The molecule has 3 N–H and O–H groups in total. The SMILES string of the molecule is NOC(=O)CC1(CC(=O)O)O[B]OC1=O. The molecule has 1 saturated heterocycles. The Balaban J connectivity index is 2.81. The van der Waals surface area contributed by atoms with Crippen molar-refractivity contribution in [2.75, 3.05) is 0 Å². The predicted octanol–water partition coefficient (Wildman–Crippen LogP) is -1.89. The first-order valence-electron chi connectivity index (χ1n) is 3.82. The van der Waals surface area contributed by atoms with E-state index in [4.69, 9.17) is 9.76 Å². The summed E-state index contributed by atoms with van der Waals surface area (Å²) in [5.74, 6) is 1.33. The Morgan fingerprint density at radius 3 is 2.60 bits per heavy atom. The first kappa shape index (κ1) is 11.5. The van der Waals surface area contributed by atoms with Crippen LogP contribution in [-0.2, 0) is 28.5 Å². The first-order valence-corrected chi connectivity index (χ1v) is 3.82. The molecule has 1 heterocycles. The van der Waals surface area contributed by atoms with Crippen molar-refractivity contribution in [3.05, 3.63) is 0 Å². The van der Waals surface area contributed by atoms with E-state index in [1.54, 1.807) is 0 Å². The van der Waals surface area contributed by atoms with E-state index in [0.717, 1.165) is 0 Å². The van der Waals surface area contributed by atoms with Crippen molar-refractivity contribution in [3.8, 4) is 0 Å². The molecule has 1 radical (unpaired) electrons. The lowest BCUT2D eigenvalue weighted by Gasteiger charge is -2.20. The second kappa shape index (κ2) is 4.28. The molecule has 1 aliphatic rings. The van der Waals surface area contributed by atoms with Gasteiger partial charge < -0.3 is 19.3 Å². The molecule has 15 heavy (non-hydrogen) atoms. The van der Waals surface area contributed by atoms with Gasteiger partial charge in [0, 0.05) is 0 Å². The van der Waals surface area contributed by atoms with Crippen molar-refractivity contribution >= 4 is 25.6 Å². The molecule has 8 nitrogen and oxygen atoms in total. The minimum absolute atomic E-state index is 0.620. The van der Waals surface area contributed by atoms with Crippen LogP contribution < -0.4 is 5.90 Å². The lowest BCUT2D eigenvalue weighted by atomic mass is 9.95. The second-order valence-corrected chi connectivity index (χ2v) is 2.85. The summed E-state index contributed by atoms with van der Waals surface area (Å²) in [4.78, 5) is 36.4. The number of carbonyl (C=O) groups is 3. The van der Waals surface area contributed by atoms with Crippen molar-refractivity contribution in [2.24, 2.45) is 5.90 Å². The van der Waals surface area contributed by atoms with E-state index in [2.05, 4.69) is 15.4 Å². The van der Waals surface area contributed by atoms with Crippen LogP contribution in [0.15, 0.2) is 0 Å². The molecule has 1 unspecified atom stereocenters. The average Bonchev–Trinajstić information content (AvgIpc) is 2.47. The van der Waals surface area contributed by atoms with Crippen LogP contribution in [0.5, 0.6) is 0 Å². The highest BCUT2D eigenvalue weighted by atomic mass is 16.7. The van der Waals surface area contributed by atoms with Crippen LogP contribution in [0.4, 0.5) is 0 Å². The van der Waals surface area contributed by atoms with Gasteiger partial charge in [-0.1, -0.05) is 0 Å². The molecular formula is C6H7BNO7. The van der Waals surface area contributed by atoms with E-state index in [0.29, 0.717) is 7.69 Å². The molecule has 1 aliphatic heterocycles. The van der Waals surface area contributed by atoms with Crippen molar-refractivity contribution in [1.82, 2.24) is 0 Å². The van der Waals surface area contributed by atoms with Gasteiger partial charge in [0.05, 0.1) is 12.8 Å². The van der Waals surface area contributed by atoms with Crippen LogP contribution in [0.2, 0.25) is 0 Å². The lowest BCUT2D eigenvalue weighted by molar-refractivity contribution is -0.160. The van der Waals surface area contributed by atoms with E-state index < -0.39 is 36.4 Å². The number of rotatable bonds is 4. The molecule has 0 aromatic heterocycles. The number of aliphatic carboxylic acids is 1. The predicted molar refractivity (Wildman–Crippen MR) is 42.8 cm³/mol. The van der Waals surface area contributed by atoms with Gasteiger partial charge in [-0.2, -0.15) is 5.90 Å². The maximum Gasteiger partial charge on any atom is 0.575 e. The number of carboxylic acids is 1. The summed E-state index contributed by atoms with van der Waals surface area (Å²) < 4.78 is 9.02. The van der Waals surface area contributed by atoms with Gasteiger partial charge in [-0.15, -0.1) is 0 Å². The molecule has 0 saturated carbocycles. The van der Waals surface area contributed by atoms with Crippen molar-refractivity contribution < 1.29 is 33.6 Å². The summed E-state index contributed by atoms with van der Waals surface area (Å²) >= 11 is 0. The van der Waals surface area contributed by atoms with E-state index in [1.165, 1.54) is 0 Å². The molecule has 0 amide bonds. The van der Waals surface area contributed by atoms with Gasteiger partial charge >= 0.3 is 25.6 Å². The number of nitrogens with two attached hydrogens (primary N) is 1. The zero-order valence-electron chi connectivity index (χ0n) is 7.47. The first-order chi connectivity index (χ1) is 7.00. The molecular weight excluding hydrogens is 209 g/mol. The summed E-state index contributed by atoms with van der Waals surface area (Å²) in [5.41, 5.74) is -1.87. The molecule has 9 heteroatoms. The summed E-state index contributed by atoms with van der Waals surface area (Å²) in [6.45, 7) is 0. The van der Waals surface area contributed by atoms with Crippen LogP contribution in [-0.4, -0.2) is 36.3 Å². The molecule has 1 atom stereocenters. The van der Waals surface area contributed by atoms with Gasteiger partial charge in [-0.3, -0.25) is 14.4 Å². The van der Waals surface area contributed by atoms with Crippen LogP contribution in [0.3, 0.4) is 0 Å². The number of carboxylic acid groups (broad SMARTS) is 1. The van der Waals surface area contributed by atoms with Gasteiger partial charge in [0.2, 0.25) is 0 Å². The van der Waals surface area contributed by atoms with Gasteiger partial charge in [0.15, 0.2) is 5.60 Å². The molecule has 0 aromatic rings. The largest absolute Gasteiger partial charge is 0.575 e. The summed E-state index contributed by atoms with van der Waals surface area (Å²) in [5, 5.41) is 8.56. The highest BCUT2D eigenvalue weighted by Gasteiger charge is 2.50. The van der Waals surface area contributed by atoms with Crippen LogP contribution in [0, 0.1) is 0 Å². The van der Waals surface area contributed by atoms with Gasteiger partial charge in [-0.25, -0.2) is 0 Å². The fourth-order valence-electron chi connectivity index (χ4n) is 1.12. The third-order valence-corrected chi connectivity index (χ3v) is 1.80. The monoisotopic (exact) mass is 216 g/mol. The molecule has 0 spiro atoms. The van der Waals surface area contributed by atoms with Crippen LogP contribution >= 0.6 is 0 Å². The van der Waals surface area contributed by atoms with E-state index in [1.807, 2.05) is 0 Å². The Morgan fingerprint density at radius 1 is 1.53 bits per heavy atom. The molecule has 1 fully saturated rings. The van der Waals surface area contributed by atoms with Crippen molar-refractivity contribution in [1.29, 1.82) is 0 Å². The molecule has 1 rings (SSSR count). The summed E-state index contributed by atoms with van der Waals surface area (Å²) in [6.07, 6.45) is -1.33. The highest BCUT2D eigenvalue weighted by molar-refractivity contribution is 6.27. The molecule has 0 aliphatic carbocycles. The Morgan fingerprint density at radius 2 is 2.20 bits per heavy atom. The maximum absolute atomic E-state index is 11.2. The fourth-order valence-corrected chi connectivity index (χ4v) is 1.12. The second-order valence-electron chi connectivity index (χ2n) is 2.85. The Labute approximate surface area is 84.5 Å². The topological polar surface area (TPSA) is 125 Å². The zero-order chi connectivity index (χ0) is 11.5. The van der Waals surface area contributed by atoms with Gasteiger partial charge in [0.1, 0.15) is 0 Å². The number of hydrogen-bond acceptors (Lipinski definition) is 7. The lowest BCUT2D eigenvalue weighted by Crippen LogP contribution is -2.41. The molecule has 0 aromatic carbocycles. The van der Waals surface area contributed by atoms with E-state index >= 15 is 0 Å². The Kier molecular flexibility index (Phi) is 3.27. The van der Waals surface area contributed by atoms with Crippen molar-refractivity contribution in [3.63, 3.8) is 0 Å². The van der Waals surface area contributed by atoms with Crippen molar-refractivity contribution in [2.45, 2.75) is 18.4 Å². The summed E-state index contributed by atoms with van der Waals surface area (Å²) in [6, 6.07) is 0. The molecule has 0 bridgehead atoms. The highest BCUT2D eigenvalue weighted by Crippen LogP contribution is 2.27. The third kappa shape index (κ3) is 2.45. The average molecular weight is 216 g/mol. The van der Waals surface area contributed by atoms with Gasteiger partial charge in [0.25, 0.3) is 0 Å². The Hall–Kier alpha value is -1.61. The van der Waals surface area contributed by atoms with Crippen LogP contribution in [0.1, 0.15) is 12.8 Å². The van der Waals surface area contributed by atoms with E-state index in [9.17, 15) is 14.4 Å². The minimum atomic E-state index is -1.87. The summed E-state index contributed by atoms with van der Waals surface area (Å²) in [7, 11) is 0.676. The molecule has 81 valence electrons. The van der Waals surface area contributed by atoms with Gasteiger partial charge in [-0.05, 0) is 0 Å². The quantitative estimate of drug-likeness (QED) is 0.412. The smallest absolute Gasteiger partial charge is 0.509 e. The zero-order valence-corrected chi connectivity index (χ0v) is 7.47. The maximum atomic E-state index is 11.2. The fraction of sp³-hybridized carbons (Fsp3) is 0.500. The number of hydrogen-bond donors (Lipinski definition) is 2. The van der Waals surface area contributed by atoms with Crippen LogP contribution in [0.25, 0.3) is 0 Å². The normalized spacial score (nSPS) is 24.2. The van der Waals surface area contributed by atoms with E-state index in [-0.39, 0.29) is 0 Å². The number of carbonyl (C=O) groups excluding carboxylic acids is 2. The standard InChI is InChI=1S/C6H7BNO7/c8-14-4(11)2-6(1-3(9)10)5(12)13-7-15-6/h1-2,8H2,(H,9,10). The third-order valence-electron chi connectivity index (χ3n) is 1.80. The minimum Gasteiger partial charge on any atom is -0.509 e.